The zero-order chi connectivity index (χ0) is 10.7. The molecule has 0 aliphatic heterocycles. The van der Waals surface area contributed by atoms with E-state index in [1.54, 1.807) is 25.9 Å². The summed E-state index contributed by atoms with van der Waals surface area (Å²) in [6.45, 7) is 0. The number of carbonyl (C=O) groups is 1. The third kappa shape index (κ3) is 3.71. The number of nitrogens with zero attached hydrogens (tertiary/aromatic N) is 3. The quantitative estimate of drug-likeness (QED) is 0.756. The molecule has 0 aromatic carbocycles. The number of aromatic hydroxyl groups is 1. The number of carbonyl (C=O) groups excluding carboxylic acids is 1. The Kier molecular flexibility index (Phi) is 6.35. The summed E-state index contributed by atoms with van der Waals surface area (Å²) in [4.78, 5) is 12.8. The Labute approximate surface area is 115 Å². The first-order valence-corrected chi connectivity index (χ1v) is 5.44. The summed E-state index contributed by atoms with van der Waals surface area (Å²) < 4.78 is 0.992. The summed E-state index contributed by atoms with van der Waals surface area (Å²) >= 11 is 1.59. The second kappa shape index (κ2) is 6.42. The van der Waals surface area contributed by atoms with Crippen molar-refractivity contribution in [2.75, 3.05) is 20.4 Å². The van der Waals surface area contributed by atoms with Crippen molar-refractivity contribution < 1.29 is 9.90 Å². The molecule has 0 radical (unpaired) electrons. The molecule has 0 saturated heterocycles. The zero-order valence-electron chi connectivity index (χ0n) is 8.39. The van der Waals surface area contributed by atoms with Gasteiger partial charge in [0.2, 0.25) is 5.88 Å². The summed E-state index contributed by atoms with van der Waals surface area (Å²) in [5.41, 5.74) is 0.699. The minimum absolute atomic E-state index is 0. The van der Waals surface area contributed by atoms with Crippen LogP contribution in [-0.2, 0) is 5.75 Å². The first-order chi connectivity index (χ1) is 6.56. The molecule has 7 heteroatoms. The van der Waals surface area contributed by atoms with E-state index in [0.29, 0.717) is 11.4 Å². The van der Waals surface area contributed by atoms with Crippen molar-refractivity contribution in [1.29, 1.82) is 0 Å². The molecule has 0 fully saturated rings. The van der Waals surface area contributed by atoms with Crippen LogP contribution in [-0.4, -0.2) is 75.7 Å². The van der Waals surface area contributed by atoms with Gasteiger partial charge in [0, 0.05) is 25.9 Å². The third-order valence-electron chi connectivity index (χ3n) is 1.60. The minimum atomic E-state index is -0.352. The van der Waals surface area contributed by atoms with Gasteiger partial charge in [-0.15, -0.1) is 4.68 Å². The van der Waals surface area contributed by atoms with Gasteiger partial charge in [-0.05, 0) is 6.26 Å². The molecule has 80 valence electrons. The molecule has 1 N–H and O–H groups in total. The van der Waals surface area contributed by atoms with Gasteiger partial charge in [-0.2, -0.15) is 16.9 Å². The van der Waals surface area contributed by atoms with Gasteiger partial charge in [0.1, 0.15) is 0 Å². The van der Waals surface area contributed by atoms with Crippen molar-refractivity contribution in [1.82, 2.24) is 14.7 Å². The monoisotopic (exact) mass is 239 g/mol. The van der Waals surface area contributed by atoms with E-state index in [0.717, 1.165) is 4.68 Å². The summed E-state index contributed by atoms with van der Waals surface area (Å²) in [6, 6.07) is 1.15. The average molecular weight is 239 g/mol. The summed E-state index contributed by atoms with van der Waals surface area (Å²) in [5, 5.41) is 13.4. The van der Waals surface area contributed by atoms with Gasteiger partial charge in [0.25, 0.3) is 0 Å². The van der Waals surface area contributed by atoms with Crippen LogP contribution in [0.1, 0.15) is 5.69 Å². The van der Waals surface area contributed by atoms with Crippen LogP contribution in [0.15, 0.2) is 6.07 Å². The zero-order valence-corrected chi connectivity index (χ0v) is 9.21. The molecule has 0 aliphatic carbocycles. The van der Waals surface area contributed by atoms with E-state index < -0.39 is 0 Å². The molecule has 1 rings (SSSR count). The SMILES string of the molecule is CSCc1cc(O)n(C(=O)N(C)C)n1.[NaH]. The predicted octanol–water partition coefficient (Wildman–Crippen LogP) is 0.333. The number of rotatable bonds is 2. The molecule has 0 bridgehead atoms. The van der Waals surface area contributed by atoms with Crippen LogP contribution in [0.2, 0.25) is 0 Å². The van der Waals surface area contributed by atoms with Crippen molar-refractivity contribution in [3.8, 4) is 5.88 Å². The van der Waals surface area contributed by atoms with Crippen LogP contribution < -0.4 is 0 Å². The summed E-state index contributed by atoms with van der Waals surface area (Å²) in [7, 11) is 3.22. The fraction of sp³-hybridized carbons (Fsp3) is 0.500. The van der Waals surface area contributed by atoms with Gasteiger partial charge in [0.05, 0.1) is 5.69 Å². The van der Waals surface area contributed by atoms with Crippen molar-refractivity contribution in [2.24, 2.45) is 0 Å². The number of aromatic nitrogens is 2. The van der Waals surface area contributed by atoms with E-state index in [1.165, 1.54) is 11.0 Å². The van der Waals surface area contributed by atoms with E-state index in [1.807, 2.05) is 6.26 Å². The Morgan fingerprint density at radius 3 is 2.73 bits per heavy atom. The fourth-order valence-electron chi connectivity index (χ4n) is 0.967. The molecular weight excluding hydrogens is 225 g/mol. The predicted molar refractivity (Wildman–Crippen MR) is 62.7 cm³/mol. The molecule has 5 nitrogen and oxygen atoms in total. The molecule has 1 aromatic rings. The van der Waals surface area contributed by atoms with Crippen molar-refractivity contribution >= 4 is 47.4 Å². The second-order valence-electron chi connectivity index (χ2n) is 3.02. The van der Waals surface area contributed by atoms with Crippen LogP contribution in [0.4, 0.5) is 4.79 Å². The fourth-order valence-corrected chi connectivity index (χ4v) is 1.40. The van der Waals surface area contributed by atoms with E-state index in [-0.39, 0.29) is 41.5 Å². The number of thioether (sulfide) groups is 1. The number of hydrogen-bond acceptors (Lipinski definition) is 4. The van der Waals surface area contributed by atoms with Crippen molar-refractivity contribution in [3.63, 3.8) is 0 Å². The van der Waals surface area contributed by atoms with Gasteiger partial charge in [-0.1, -0.05) is 0 Å². The van der Waals surface area contributed by atoms with Crippen LogP contribution in [0.3, 0.4) is 0 Å². The van der Waals surface area contributed by atoms with Crippen molar-refractivity contribution in [2.45, 2.75) is 5.75 Å². The molecule has 0 spiro atoms. The van der Waals surface area contributed by atoms with Crippen LogP contribution >= 0.6 is 11.8 Å². The van der Waals surface area contributed by atoms with Gasteiger partial charge in [-0.3, -0.25) is 0 Å². The van der Waals surface area contributed by atoms with E-state index in [2.05, 4.69) is 5.10 Å². The summed E-state index contributed by atoms with van der Waals surface area (Å²) in [5.74, 6) is 0.564. The first-order valence-electron chi connectivity index (χ1n) is 4.04. The number of amides is 1. The Bertz CT molecular complexity index is 341. The van der Waals surface area contributed by atoms with Crippen LogP contribution in [0.25, 0.3) is 0 Å². The van der Waals surface area contributed by atoms with E-state index in [4.69, 9.17) is 0 Å². The molecule has 0 unspecified atom stereocenters. The van der Waals surface area contributed by atoms with Gasteiger partial charge < -0.3 is 10.0 Å². The molecule has 1 heterocycles. The third-order valence-corrected chi connectivity index (χ3v) is 2.18. The van der Waals surface area contributed by atoms with E-state index >= 15 is 0 Å². The Hall–Kier alpha value is -0.170. The maximum atomic E-state index is 11.4. The Balaban J connectivity index is 0.00000196. The Morgan fingerprint density at radius 1 is 1.67 bits per heavy atom. The Morgan fingerprint density at radius 2 is 2.27 bits per heavy atom. The van der Waals surface area contributed by atoms with Crippen LogP contribution in [0, 0.1) is 0 Å². The average Bonchev–Trinajstić information content (AvgIpc) is 2.46. The summed E-state index contributed by atoms with van der Waals surface area (Å²) in [6.07, 6.45) is 1.93. The second-order valence-corrected chi connectivity index (χ2v) is 3.88. The van der Waals surface area contributed by atoms with Crippen LogP contribution in [0.5, 0.6) is 5.88 Å². The van der Waals surface area contributed by atoms with Crippen molar-refractivity contribution in [3.05, 3.63) is 11.8 Å². The maximum absolute atomic E-state index is 11.4. The molecule has 1 amide bonds. The molecule has 1 aromatic heterocycles. The first kappa shape index (κ1) is 14.8. The van der Waals surface area contributed by atoms with E-state index in [9.17, 15) is 9.90 Å². The number of hydrogen-bond donors (Lipinski definition) is 1. The molecule has 0 aliphatic rings. The normalized spacial score (nSPS) is 9.53. The topological polar surface area (TPSA) is 58.4 Å². The molecule has 15 heavy (non-hydrogen) atoms. The molecular formula is C8H14N3NaO2S. The molecule has 0 atom stereocenters. The van der Waals surface area contributed by atoms with Gasteiger partial charge in [-0.25, -0.2) is 4.79 Å². The van der Waals surface area contributed by atoms with Gasteiger partial charge in [0.15, 0.2) is 0 Å². The van der Waals surface area contributed by atoms with Gasteiger partial charge >= 0.3 is 35.6 Å². The standard InChI is InChI=1S/C8H13N3O2S.Na.H/c1-10(2)8(13)11-7(12)4-6(9-11)5-14-3;;/h4,12H,5H2,1-3H3;;. The molecule has 0 saturated carbocycles.